The molecule has 0 bridgehead atoms. The Bertz CT molecular complexity index is 194. The molecule has 88 valence electrons. The molecule has 2 atom stereocenters. The summed E-state index contributed by atoms with van der Waals surface area (Å²) in [6.45, 7) is 3.37. The largest absolute Gasteiger partial charge is 0.370 e. The molecule has 0 aliphatic heterocycles. The van der Waals surface area contributed by atoms with E-state index in [0.717, 1.165) is 25.3 Å². The minimum absolute atomic E-state index is 0.179. The van der Waals surface area contributed by atoms with E-state index in [1.807, 2.05) is 0 Å². The number of hydrogen-bond donors (Lipinski definition) is 2. The fraction of sp³-hybridized carbons (Fsp3) is 0.917. The zero-order chi connectivity index (χ0) is 11.1. The second kappa shape index (κ2) is 6.83. The number of hydrogen-bond acceptors (Lipinski definition) is 2. The number of nitrogens with two attached hydrogens (primary N) is 1. The molecule has 2 unspecified atom stereocenters. The molecule has 3 nitrogen and oxygen atoms in total. The fourth-order valence-electron chi connectivity index (χ4n) is 2.35. The quantitative estimate of drug-likeness (QED) is 0.660. The molecule has 1 rings (SSSR count). The first-order valence-electron chi connectivity index (χ1n) is 6.20. The summed E-state index contributed by atoms with van der Waals surface area (Å²) in [4.78, 5) is 10.5. The lowest BCUT2D eigenvalue weighted by Crippen LogP contribution is -2.34. The second-order valence-electron chi connectivity index (χ2n) is 4.85. The van der Waals surface area contributed by atoms with Crippen LogP contribution in [-0.2, 0) is 4.79 Å². The van der Waals surface area contributed by atoms with Crippen molar-refractivity contribution in [3.8, 4) is 0 Å². The number of amides is 1. The summed E-state index contributed by atoms with van der Waals surface area (Å²) in [5, 5.41) is 3.57. The van der Waals surface area contributed by atoms with Crippen molar-refractivity contribution in [1.82, 2.24) is 5.32 Å². The first kappa shape index (κ1) is 12.5. The van der Waals surface area contributed by atoms with E-state index in [4.69, 9.17) is 5.73 Å². The number of primary amides is 1. The standard InChI is InChI=1S/C12H24N2O/c1-10-5-4-6-11(9-10)14-8-3-2-7-12(13)15/h10-11,14H,2-9H2,1H3,(H2,13,15). The molecule has 1 saturated carbocycles. The third kappa shape index (κ3) is 5.78. The van der Waals surface area contributed by atoms with Crippen molar-refractivity contribution in [2.24, 2.45) is 11.7 Å². The van der Waals surface area contributed by atoms with Gasteiger partial charge in [-0.2, -0.15) is 0 Å². The molecule has 3 N–H and O–H groups in total. The molecular formula is C12H24N2O. The summed E-state index contributed by atoms with van der Waals surface area (Å²) < 4.78 is 0. The van der Waals surface area contributed by atoms with Crippen molar-refractivity contribution in [3.05, 3.63) is 0 Å². The van der Waals surface area contributed by atoms with Crippen LogP contribution in [0.25, 0.3) is 0 Å². The van der Waals surface area contributed by atoms with Crippen LogP contribution < -0.4 is 11.1 Å². The molecule has 0 aromatic rings. The molecule has 0 heterocycles. The van der Waals surface area contributed by atoms with Gasteiger partial charge in [0.15, 0.2) is 0 Å². The topological polar surface area (TPSA) is 55.1 Å². The van der Waals surface area contributed by atoms with Crippen LogP contribution in [0.1, 0.15) is 51.9 Å². The highest BCUT2D eigenvalue weighted by atomic mass is 16.1. The summed E-state index contributed by atoms with van der Waals surface area (Å²) in [6, 6.07) is 0.710. The molecule has 1 aliphatic carbocycles. The third-order valence-corrected chi connectivity index (χ3v) is 3.22. The lowest BCUT2D eigenvalue weighted by Gasteiger charge is -2.27. The maximum Gasteiger partial charge on any atom is 0.217 e. The van der Waals surface area contributed by atoms with Crippen LogP contribution in [0, 0.1) is 5.92 Å². The second-order valence-corrected chi connectivity index (χ2v) is 4.85. The Morgan fingerprint density at radius 1 is 1.40 bits per heavy atom. The van der Waals surface area contributed by atoms with Gasteiger partial charge in [-0.05, 0) is 38.1 Å². The number of carbonyl (C=O) groups excluding carboxylic acids is 1. The number of carbonyl (C=O) groups is 1. The van der Waals surface area contributed by atoms with E-state index in [0.29, 0.717) is 12.5 Å². The molecule has 1 aliphatic rings. The fourth-order valence-corrected chi connectivity index (χ4v) is 2.35. The minimum Gasteiger partial charge on any atom is -0.370 e. The Morgan fingerprint density at radius 3 is 2.87 bits per heavy atom. The van der Waals surface area contributed by atoms with Gasteiger partial charge >= 0.3 is 0 Å². The number of nitrogens with one attached hydrogen (secondary N) is 1. The van der Waals surface area contributed by atoms with Crippen molar-refractivity contribution in [1.29, 1.82) is 0 Å². The van der Waals surface area contributed by atoms with Crippen molar-refractivity contribution < 1.29 is 4.79 Å². The van der Waals surface area contributed by atoms with Crippen molar-refractivity contribution >= 4 is 5.91 Å². The van der Waals surface area contributed by atoms with E-state index >= 15 is 0 Å². The van der Waals surface area contributed by atoms with Gasteiger partial charge in [-0.25, -0.2) is 0 Å². The van der Waals surface area contributed by atoms with Gasteiger partial charge in [-0.3, -0.25) is 4.79 Å². The predicted molar refractivity (Wildman–Crippen MR) is 62.5 cm³/mol. The van der Waals surface area contributed by atoms with E-state index in [9.17, 15) is 4.79 Å². The normalized spacial score (nSPS) is 26.5. The molecule has 0 saturated heterocycles. The molecule has 0 spiro atoms. The van der Waals surface area contributed by atoms with Gasteiger partial charge in [-0.15, -0.1) is 0 Å². The van der Waals surface area contributed by atoms with Crippen LogP contribution in [0.4, 0.5) is 0 Å². The first-order chi connectivity index (χ1) is 7.18. The Morgan fingerprint density at radius 2 is 2.20 bits per heavy atom. The molecule has 1 fully saturated rings. The van der Waals surface area contributed by atoms with Crippen LogP contribution in [-0.4, -0.2) is 18.5 Å². The lowest BCUT2D eigenvalue weighted by molar-refractivity contribution is -0.118. The Labute approximate surface area is 92.8 Å². The molecule has 15 heavy (non-hydrogen) atoms. The average molecular weight is 212 g/mol. The van der Waals surface area contributed by atoms with Gasteiger partial charge in [0.1, 0.15) is 0 Å². The zero-order valence-electron chi connectivity index (χ0n) is 9.80. The highest BCUT2D eigenvalue weighted by Crippen LogP contribution is 2.23. The molecular weight excluding hydrogens is 188 g/mol. The summed E-state index contributed by atoms with van der Waals surface area (Å²) in [7, 11) is 0. The van der Waals surface area contributed by atoms with Gasteiger partial charge in [0.25, 0.3) is 0 Å². The van der Waals surface area contributed by atoms with E-state index in [2.05, 4.69) is 12.2 Å². The maximum atomic E-state index is 10.5. The van der Waals surface area contributed by atoms with Gasteiger partial charge in [0, 0.05) is 12.5 Å². The van der Waals surface area contributed by atoms with Gasteiger partial charge in [-0.1, -0.05) is 19.8 Å². The number of unbranched alkanes of at least 4 members (excludes halogenated alkanes) is 1. The molecule has 0 aromatic heterocycles. The highest BCUT2D eigenvalue weighted by molar-refractivity contribution is 5.73. The highest BCUT2D eigenvalue weighted by Gasteiger charge is 2.17. The zero-order valence-corrected chi connectivity index (χ0v) is 9.80. The summed E-state index contributed by atoms with van der Waals surface area (Å²) in [5.74, 6) is 0.697. The Balaban J connectivity index is 1.97. The van der Waals surface area contributed by atoms with Crippen LogP contribution >= 0.6 is 0 Å². The van der Waals surface area contributed by atoms with Crippen LogP contribution in [0.15, 0.2) is 0 Å². The van der Waals surface area contributed by atoms with E-state index in [1.165, 1.54) is 25.7 Å². The lowest BCUT2D eigenvalue weighted by atomic mass is 9.87. The van der Waals surface area contributed by atoms with Crippen molar-refractivity contribution in [2.75, 3.05) is 6.54 Å². The molecule has 0 radical (unpaired) electrons. The summed E-state index contributed by atoms with van der Waals surface area (Å²) >= 11 is 0. The summed E-state index contributed by atoms with van der Waals surface area (Å²) in [6.07, 6.45) is 7.90. The van der Waals surface area contributed by atoms with E-state index in [1.54, 1.807) is 0 Å². The van der Waals surface area contributed by atoms with Crippen LogP contribution in [0.2, 0.25) is 0 Å². The van der Waals surface area contributed by atoms with Gasteiger partial charge < -0.3 is 11.1 Å². The van der Waals surface area contributed by atoms with Crippen molar-refractivity contribution in [3.63, 3.8) is 0 Å². The molecule has 3 heteroatoms. The SMILES string of the molecule is CC1CCCC(NCCCCC(N)=O)C1. The third-order valence-electron chi connectivity index (χ3n) is 3.22. The van der Waals surface area contributed by atoms with Crippen LogP contribution in [0.5, 0.6) is 0 Å². The minimum atomic E-state index is -0.179. The van der Waals surface area contributed by atoms with Crippen molar-refractivity contribution in [2.45, 2.75) is 57.9 Å². The van der Waals surface area contributed by atoms with Crippen LogP contribution in [0.3, 0.4) is 0 Å². The molecule has 0 aromatic carbocycles. The Kier molecular flexibility index (Phi) is 5.69. The summed E-state index contributed by atoms with van der Waals surface area (Å²) in [5.41, 5.74) is 5.08. The van der Waals surface area contributed by atoms with E-state index < -0.39 is 0 Å². The van der Waals surface area contributed by atoms with Gasteiger partial charge in [0.2, 0.25) is 5.91 Å². The Hall–Kier alpha value is -0.570. The average Bonchev–Trinajstić information content (AvgIpc) is 2.17. The maximum absolute atomic E-state index is 10.5. The monoisotopic (exact) mass is 212 g/mol. The van der Waals surface area contributed by atoms with Gasteiger partial charge in [0.05, 0.1) is 0 Å². The first-order valence-corrected chi connectivity index (χ1v) is 6.20. The number of rotatable bonds is 6. The molecule has 1 amide bonds. The predicted octanol–water partition coefficient (Wildman–Crippen LogP) is 1.81. The van der Waals surface area contributed by atoms with E-state index in [-0.39, 0.29) is 5.91 Å². The smallest absolute Gasteiger partial charge is 0.217 e.